The van der Waals surface area contributed by atoms with Crippen molar-refractivity contribution in [3.8, 4) is 11.4 Å². The van der Waals surface area contributed by atoms with Gasteiger partial charge in [0.2, 0.25) is 0 Å². The Hall–Kier alpha value is -1.18. The SMILES string of the molecule is FC(F)(F)Oc1cc(Cl)c(-n2ncc(CCl)n2)c(Cl)c1. The Bertz CT molecular complexity index is 607. The van der Waals surface area contributed by atoms with Gasteiger partial charge in [-0.3, -0.25) is 0 Å². The van der Waals surface area contributed by atoms with Crippen molar-refractivity contribution in [1.29, 1.82) is 0 Å². The topological polar surface area (TPSA) is 39.9 Å². The fraction of sp³-hybridized carbons (Fsp3) is 0.200. The molecule has 0 aliphatic rings. The lowest BCUT2D eigenvalue weighted by Crippen LogP contribution is -2.17. The van der Waals surface area contributed by atoms with Gasteiger partial charge in [-0.15, -0.1) is 29.6 Å². The highest BCUT2D eigenvalue weighted by molar-refractivity contribution is 6.38. The first-order valence-corrected chi connectivity index (χ1v) is 6.31. The number of rotatable bonds is 3. The summed E-state index contributed by atoms with van der Waals surface area (Å²) in [4.78, 5) is 1.08. The van der Waals surface area contributed by atoms with Gasteiger partial charge in [0.1, 0.15) is 11.4 Å². The smallest absolute Gasteiger partial charge is 0.406 e. The molecule has 108 valence electrons. The van der Waals surface area contributed by atoms with Gasteiger partial charge >= 0.3 is 6.36 Å². The highest BCUT2D eigenvalue weighted by Crippen LogP contribution is 2.34. The average molecular weight is 347 g/mol. The number of halogens is 6. The third-order valence-corrected chi connectivity index (χ3v) is 2.95. The molecule has 10 heteroatoms. The molecule has 2 rings (SSSR count). The molecule has 1 heterocycles. The van der Waals surface area contributed by atoms with Crippen molar-refractivity contribution in [3.05, 3.63) is 34.1 Å². The van der Waals surface area contributed by atoms with E-state index in [1.807, 2.05) is 0 Å². The highest BCUT2D eigenvalue weighted by Gasteiger charge is 2.31. The maximum atomic E-state index is 12.1. The van der Waals surface area contributed by atoms with Crippen LogP contribution in [0.25, 0.3) is 5.69 Å². The molecule has 0 amide bonds. The van der Waals surface area contributed by atoms with Crippen molar-refractivity contribution in [2.45, 2.75) is 12.2 Å². The Labute approximate surface area is 126 Å². The largest absolute Gasteiger partial charge is 0.573 e. The van der Waals surface area contributed by atoms with E-state index in [0.717, 1.165) is 16.9 Å². The Morgan fingerprint density at radius 2 is 1.80 bits per heavy atom. The molecule has 0 saturated heterocycles. The highest BCUT2D eigenvalue weighted by atomic mass is 35.5. The molecule has 1 aromatic heterocycles. The van der Waals surface area contributed by atoms with E-state index in [-0.39, 0.29) is 21.6 Å². The van der Waals surface area contributed by atoms with Crippen LogP contribution in [0, 0.1) is 0 Å². The summed E-state index contributed by atoms with van der Waals surface area (Å²) in [6, 6.07) is 1.94. The Morgan fingerprint density at radius 1 is 1.20 bits per heavy atom. The monoisotopic (exact) mass is 345 g/mol. The molecule has 0 N–H and O–H groups in total. The first-order chi connectivity index (χ1) is 9.30. The predicted octanol–water partition coefficient (Wildman–Crippen LogP) is 4.21. The Morgan fingerprint density at radius 3 is 2.25 bits per heavy atom. The fourth-order valence-electron chi connectivity index (χ4n) is 1.39. The van der Waals surface area contributed by atoms with E-state index in [1.165, 1.54) is 6.20 Å². The zero-order chi connectivity index (χ0) is 14.9. The van der Waals surface area contributed by atoms with Crippen molar-refractivity contribution < 1.29 is 17.9 Å². The lowest BCUT2D eigenvalue weighted by atomic mass is 10.3. The van der Waals surface area contributed by atoms with Crippen LogP contribution in [0.2, 0.25) is 10.0 Å². The summed E-state index contributed by atoms with van der Waals surface area (Å²) in [6.45, 7) is 0. The van der Waals surface area contributed by atoms with E-state index >= 15 is 0 Å². The molecule has 0 unspecified atom stereocenters. The quantitative estimate of drug-likeness (QED) is 0.782. The molecule has 0 fully saturated rings. The first kappa shape index (κ1) is 15.2. The molecule has 0 aliphatic carbocycles. The summed E-state index contributed by atoms with van der Waals surface area (Å²) >= 11 is 17.3. The number of ether oxygens (including phenoxy) is 1. The van der Waals surface area contributed by atoms with E-state index in [1.54, 1.807) is 0 Å². The molecule has 4 nitrogen and oxygen atoms in total. The molecule has 0 atom stereocenters. The third kappa shape index (κ3) is 3.47. The lowest BCUT2D eigenvalue weighted by Gasteiger charge is -2.12. The van der Waals surface area contributed by atoms with Gasteiger partial charge in [-0.2, -0.15) is 10.2 Å². The molecule has 0 radical (unpaired) electrons. The normalized spacial score (nSPS) is 11.7. The van der Waals surface area contributed by atoms with E-state index in [4.69, 9.17) is 34.8 Å². The van der Waals surface area contributed by atoms with Crippen molar-refractivity contribution in [2.75, 3.05) is 0 Å². The zero-order valence-corrected chi connectivity index (χ0v) is 11.7. The van der Waals surface area contributed by atoms with Crippen LogP contribution in [-0.2, 0) is 5.88 Å². The predicted molar refractivity (Wildman–Crippen MR) is 67.6 cm³/mol. The van der Waals surface area contributed by atoms with E-state index in [0.29, 0.717) is 5.69 Å². The van der Waals surface area contributed by atoms with Crippen molar-refractivity contribution in [1.82, 2.24) is 15.0 Å². The van der Waals surface area contributed by atoms with Gasteiger partial charge < -0.3 is 4.74 Å². The van der Waals surface area contributed by atoms with Gasteiger partial charge in [0.05, 0.1) is 27.8 Å². The first-order valence-electron chi connectivity index (χ1n) is 5.02. The van der Waals surface area contributed by atoms with Crippen LogP contribution >= 0.6 is 34.8 Å². The van der Waals surface area contributed by atoms with E-state index < -0.39 is 12.1 Å². The van der Waals surface area contributed by atoms with Gasteiger partial charge in [-0.1, -0.05) is 23.2 Å². The molecule has 0 spiro atoms. The summed E-state index contributed by atoms with van der Waals surface area (Å²) in [5.41, 5.74) is 0.605. The van der Waals surface area contributed by atoms with Crippen molar-refractivity contribution in [3.63, 3.8) is 0 Å². The van der Waals surface area contributed by atoms with E-state index in [9.17, 15) is 13.2 Å². The van der Waals surface area contributed by atoms with Crippen LogP contribution in [0.15, 0.2) is 18.3 Å². The average Bonchev–Trinajstić information content (AvgIpc) is 2.74. The molecule has 1 aromatic carbocycles. The van der Waals surface area contributed by atoms with Gasteiger partial charge in [-0.05, 0) is 0 Å². The fourth-order valence-corrected chi connectivity index (χ4v) is 2.13. The number of aromatic nitrogens is 3. The number of hydrogen-bond donors (Lipinski definition) is 0. The molecule has 0 saturated carbocycles. The summed E-state index contributed by atoms with van der Waals surface area (Å²) in [5, 5.41) is 7.66. The number of alkyl halides is 4. The van der Waals surface area contributed by atoms with Crippen LogP contribution in [0.4, 0.5) is 13.2 Å². The van der Waals surface area contributed by atoms with Gasteiger partial charge in [0.15, 0.2) is 0 Å². The van der Waals surface area contributed by atoms with Crippen LogP contribution < -0.4 is 4.74 Å². The van der Waals surface area contributed by atoms with Gasteiger partial charge in [0, 0.05) is 12.1 Å². The van der Waals surface area contributed by atoms with Crippen LogP contribution in [-0.4, -0.2) is 21.4 Å². The lowest BCUT2D eigenvalue weighted by molar-refractivity contribution is -0.274. The zero-order valence-electron chi connectivity index (χ0n) is 9.46. The molecule has 0 bridgehead atoms. The summed E-state index contributed by atoms with van der Waals surface area (Å²) in [7, 11) is 0. The summed E-state index contributed by atoms with van der Waals surface area (Å²) < 4.78 is 40.1. The molecular formula is C10H5Cl3F3N3O. The Balaban J connectivity index is 2.41. The molecular weight excluding hydrogens is 341 g/mol. The minimum Gasteiger partial charge on any atom is -0.406 e. The molecule has 20 heavy (non-hydrogen) atoms. The van der Waals surface area contributed by atoms with E-state index in [2.05, 4.69) is 14.9 Å². The second-order valence-electron chi connectivity index (χ2n) is 3.54. The molecule has 2 aromatic rings. The minimum absolute atomic E-state index is 0.0894. The number of nitrogens with zero attached hydrogens (tertiary/aromatic N) is 3. The van der Waals surface area contributed by atoms with Crippen LogP contribution in [0.1, 0.15) is 5.69 Å². The maximum Gasteiger partial charge on any atom is 0.573 e. The number of benzene rings is 1. The van der Waals surface area contributed by atoms with Crippen molar-refractivity contribution >= 4 is 34.8 Å². The second-order valence-corrected chi connectivity index (χ2v) is 4.62. The second kappa shape index (κ2) is 5.67. The third-order valence-electron chi connectivity index (χ3n) is 2.10. The molecule has 0 aliphatic heterocycles. The summed E-state index contributed by atoms with van der Waals surface area (Å²) in [5.74, 6) is -0.397. The Kier molecular flexibility index (Phi) is 4.31. The maximum absolute atomic E-state index is 12.1. The van der Waals surface area contributed by atoms with Gasteiger partial charge in [-0.25, -0.2) is 0 Å². The standard InChI is InChI=1S/C10H5Cl3F3N3O/c11-3-5-4-17-19(18-5)9-7(12)1-6(2-8(9)13)20-10(14,15)16/h1-2,4H,3H2. The van der Waals surface area contributed by atoms with Crippen LogP contribution in [0.5, 0.6) is 5.75 Å². The summed E-state index contributed by atoms with van der Waals surface area (Å²) in [6.07, 6.45) is -3.44. The van der Waals surface area contributed by atoms with Crippen molar-refractivity contribution in [2.24, 2.45) is 0 Å². The van der Waals surface area contributed by atoms with Gasteiger partial charge in [0.25, 0.3) is 0 Å². The minimum atomic E-state index is -4.83. The van der Waals surface area contributed by atoms with Crippen LogP contribution in [0.3, 0.4) is 0 Å². The number of hydrogen-bond acceptors (Lipinski definition) is 3.